The highest BCUT2D eigenvalue weighted by atomic mass is 35.5. The Labute approximate surface area is 182 Å². The van der Waals surface area contributed by atoms with Gasteiger partial charge in [-0.15, -0.1) is 0 Å². The first-order valence-electron chi connectivity index (χ1n) is 9.41. The Morgan fingerprint density at radius 2 is 2.03 bits per heavy atom. The molecule has 0 radical (unpaired) electrons. The Balaban J connectivity index is 1.86. The summed E-state index contributed by atoms with van der Waals surface area (Å²) in [7, 11) is 0. The zero-order valence-electron chi connectivity index (χ0n) is 15.9. The Morgan fingerprint density at radius 1 is 1.20 bits per heavy atom. The molecule has 10 heteroatoms. The van der Waals surface area contributed by atoms with E-state index >= 15 is 0 Å². The molecule has 0 bridgehead atoms. The molecule has 1 saturated heterocycles. The average Bonchev–Trinajstić information content (AvgIpc) is 2.77. The van der Waals surface area contributed by atoms with Gasteiger partial charge in [0.25, 0.3) is 0 Å². The predicted molar refractivity (Wildman–Crippen MR) is 119 cm³/mol. The molecule has 0 amide bonds. The number of amidine groups is 1. The fourth-order valence-corrected chi connectivity index (χ4v) is 4.22. The van der Waals surface area contributed by atoms with Crippen molar-refractivity contribution in [1.29, 1.82) is 0 Å². The van der Waals surface area contributed by atoms with Gasteiger partial charge in [0, 0.05) is 19.0 Å². The van der Waals surface area contributed by atoms with Crippen molar-refractivity contribution in [2.45, 2.75) is 12.8 Å². The summed E-state index contributed by atoms with van der Waals surface area (Å²) in [6.45, 7) is 1.34. The van der Waals surface area contributed by atoms with E-state index in [0.29, 0.717) is 33.6 Å². The van der Waals surface area contributed by atoms with Crippen molar-refractivity contribution in [1.82, 2.24) is 15.4 Å². The Kier molecular flexibility index (Phi) is 5.90. The third kappa shape index (κ3) is 3.74. The molecule has 5 N–H and O–H groups in total. The quantitative estimate of drug-likeness (QED) is 0.244. The number of rotatable bonds is 3. The minimum absolute atomic E-state index is 0.0146. The summed E-state index contributed by atoms with van der Waals surface area (Å²) in [5.41, 5.74) is 4.38. The van der Waals surface area contributed by atoms with Gasteiger partial charge in [0.15, 0.2) is 0 Å². The molecule has 3 aromatic rings. The van der Waals surface area contributed by atoms with Crippen molar-refractivity contribution >= 4 is 45.8 Å². The first kappa shape index (κ1) is 20.6. The summed E-state index contributed by atoms with van der Waals surface area (Å²) in [5.74, 6) is 11.8. The molecule has 2 heterocycles. The molecule has 1 unspecified atom stereocenters. The zero-order valence-corrected chi connectivity index (χ0v) is 17.5. The Hall–Kier alpha value is -2.68. The second-order valence-corrected chi connectivity index (χ2v) is 7.90. The van der Waals surface area contributed by atoms with Gasteiger partial charge in [0.2, 0.25) is 0 Å². The van der Waals surface area contributed by atoms with Gasteiger partial charge in [-0.25, -0.2) is 20.2 Å². The summed E-state index contributed by atoms with van der Waals surface area (Å²) in [6, 6.07) is 8.41. The number of piperidine rings is 1. The predicted octanol–water partition coefficient (Wildman–Crippen LogP) is 3.69. The lowest BCUT2D eigenvalue weighted by Gasteiger charge is -2.34. The molecule has 4 rings (SSSR count). The maximum absolute atomic E-state index is 14.7. The lowest BCUT2D eigenvalue weighted by molar-refractivity contribution is 0.494. The van der Waals surface area contributed by atoms with Gasteiger partial charge in [-0.05, 0) is 42.2 Å². The number of hydrazone groups is 1. The normalized spacial score (nSPS) is 17.4. The number of aromatic nitrogens is 2. The molecule has 30 heavy (non-hydrogen) atoms. The molecule has 1 atom stereocenters. The second kappa shape index (κ2) is 8.59. The van der Waals surface area contributed by atoms with Crippen LogP contribution in [-0.2, 0) is 0 Å². The lowest BCUT2D eigenvalue weighted by atomic mass is 9.95. The van der Waals surface area contributed by atoms with E-state index in [2.05, 4.69) is 25.4 Å². The Morgan fingerprint density at radius 3 is 2.77 bits per heavy atom. The third-order valence-electron chi connectivity index (χ3n) is 5.34. The summed E-state index contributed by atoms with van der Waals surface area (Å²) < 4.78 is 14.7. The van der Waals surface area contributed by atoms with Crippen molar-refractivity contribution in [3.05, 3.63) is 52.5 Å². The fraction of sp³-hybridized carbons (Fsp3) is 0.250. The highest BCUT2D eigenvalue weighted by Crippen LogP contribution is 2.38. The van der Waals surface area contributed by atoms with Crippen LogP contribution < -0.4 is 22.0 Å². The first-order chi connectivity index (χ1) is 14.5. The van der Waals surface area contributed by atoms with Crippen LogP contribution in [0.3, 0.4) is 0 Å². The van der Waals surface area contributed by atoms with E-state index < -0.39 is 5.82 Å². The number of anilines is 1. The monoisotopic (exact) mass is 447 g/mol. The van der Waals surface area contributed by atoms with Crippen LogP contribution in [0.1, 0.15) is 12.8 Å². The van der Waals surface area contributed by atoms with Gasteiger partial charge in [0.05, 0.1) is 15.4 Å². The Bertz CT molecular complexity index is 1120. The van der Waals surface area contributed by atoms with Crippen molar-refractivity contribution in [2.75, 3.05) is 18.0 Å². The number of hydrogen-bond acceptors (Lipinski definition) is 6. The van der Waals surface area contributed by atoms with E-state index in [1.54, 1.807) is 18.2 Å². The molecule has 1 aliphatic heterocycles. The summed E-state index contributed by atoms with van der Waals surface area (Å²) in [4.78, 5) is 10.8. The molecule has 7 nitrogen and oxygen atoms in total. The molecule has 1 fully saturated rings. The van der Waals surface area contributed by atoms with Crippen molar-refractivity contribution in [3.8, 4) is 11.1 Å². The van der Waals surface area contributed by atoms with Crippen molar-refractivity contribution in [3.63, 3.8) is 0 Å². The van der Waals surface area contributed by atoms with E-state index in [1.807, 2.05) is 6.07 Å². The first-order valence-corrected chi connectivity index (χ1v) is 10.2. The number of fused-ring (bicyclic) bond motifs is 1. The topological polar surface area (TPSA) is 105 Å². The van der Waals surface area contributed by atoms with E-state index in [1.165, 1.54) is 12.4 Å². The molecule has 0 spiro atoms. The summed E-state index contributed by atoms with van der Waals surface area (Å²) in [6.07, 6.45) is 3.14. The maximum Gasteiger partial charge on any atom is 0.149 e. The van der Waals surface area contributed by atoms with Gasteiger partial charge in [-0.3, -0.25) is 0 Å². The van der Waals surface area contributed by atoms with Crippen molar-refractivity contribution < 1.29 is 4.39 Å². The van der Waals surface area contributed by atoms with Gasteiger partial charge in [-0.1, -0.05) is 35.3 Å². The SMILES string of the molecule is N/N=C(\NN)C1CCCN(c2ncnc3c(F)ccc(-c4ccc(Cl)c(Cl)c4)c23)C1. The van der Waals surface area contributed by atoms with Gasteiger partial charge in [-0.2, -0.15) is 5.10 Å². The molecule has 0 saturated carbocycles. The standard InChI is InChI=1S/C20H20Cl2FN7/c21-14-5-3-11(8-15(14)22)13-4-6-16(23)18-17(13)20(27-10-26-18)30-7-1-2-12(9-30)19(28-24)29-25/h3-6,8,10,12H,1-2,7,9,24-25H2,(H,28,29). The van der Waals surface area contributed by atoms with E-state index in [0.717, 1.165) is 30.5 Å². The number of nitrogens with one attached hydrogen (secondary N) is 1. The van der Waals surface area contributed by atoms with Crippen LogP contribution in [0, 0.1) is 11.7 Å². The van der Waals surface area contributed by atoms with E-state index in [-0.39, 0.29) is 11.4 Å². The van der Waals surface area contributed by atoms with Crippen LogP contribution in [-0.4, -0.2) is 28.9 Å². The lowest BCUT2D eigenvalue weighted by Crippen LogP contribution is -2.46. The highest BCUT2D eigenvalue weighted by molar-refractivity contribution is 6.42. The van der Waals surface area contributed by atoms with E-state index in [9.17, 15) is 4.39 Å². The van der Waals surface area contributed by atoms with Crippen molar-refractivity contribution in [2.24, 2.45) is 22.7 Å². The largest absolute Gasteiger partial charge is 0.355 e. The fourth-order valence-electron chi connectivity index (χ4n) is 3.92. The second-order valence-electron chi connectivity index (χ2n) is 7.09. The molecule has 0 aliphatic carbocycles. The van der Waals surface area contributed by atoms with Gasteiger partial charge < -0.3 is 16.2 Å². The average molecular weight is 448 g/mol. The van der Waals surface area contributed by atoms with Gasteiger partial charge in [0.1, 0.15) is 29.3 Å². The summed E-state index contributed by atoms with van der Waals surface area (Å²) in [5, 5.41) is 5.23. The van der Waals surface area contributed by atoms with Crippen LogP contribution >= 0.6 is 23.2 Å². The van der Waals surface area contributed by atoms with Crippen LogP contribution in [0.5, 0.6) is 0 Å². The minimum Gasteiger partial charge on any atom is -0.355 e. The smallest absolute Gasteiger partial charge is 0.149 e. The highest BCUT2D eigenvalue weighted by Gasteiger charge is 2.27. The third-order valence-corrected chi connectivity index (χ3v) is 6.08. The molecule has 1 aromatic heterocycles. The molecule has 2 aromatic carbocycles. The number of benzene rings is 2. The van der Waals surface area contributed by atoms with Gasteiger partial charge >= 0.3 is 0 Å². The van der Waals surface area contributed by atoms with Crippen LogP contribution in [0.15, 0.2) is 41.8 Å². The number of halogens is 3. The zero-order chi connectivity index (χ0) is 21.3. The van der Waals surface area contributed by atoms with Crippen LogP contribution in [0.4, 0.5) is 10.2 Å². The molecular formula is C20H20Cl2FN7. The number of hydrazine groups is 1. The van der Waals surface area contributed by atoms with Crippen LogP contribution in [0.2, 0.25) is 10.0 Å². The number of nitrogens with two attached hydrogens (primary N) is 2. The van der Waals surface area contributed by atoms with Crippen LogP contribution in [0.25, 0.3) is 22.0 Å². The molecule has 156 valence electrons. The van der Waals surface area contributed by atoms with E-state index in [4.69, 9.17) is 34.9 Å². The maximum atomic E-state index is 14.7. The molecule has 1 aliphatic rings. The summed E-state index contributed by atoms with van der Waals surface area (Å²) >= 11 is 12.3. The minimum atomic E-state index is -0.418. The number of nitrogens with zero attached hydrogens (tertiary/aromatic N) is 4. The number of hydrogen-bond donors (Lipinski definition) is 3. The molecular weight excluding hydrogens is 428 g/mol.